The molecule has 1 saturated carbocycles. The predicted octanol–water partition coefficient (Wildman–Crippen LogP) is 4.27. The molecule has 1 aromatic carbocycles. The second kappa shape index (κ2) is 6.95. The molecule has 0 spiro atoms. The third-order valence-corrected chi connectivity index (χ3v) is 4.03. The lowest BCUT2D eigenvalue weighted by molar-refractivity contribution is -0.137. The van der Waals surface area contributed by atoms with Crippen LogP contribution in [0.4, 0.5) is 13.2 Å². The van der Waals surface area contributed by atoms with Crippen molar-refractivity contribution in [2.75, 3.05) is 0 Å². The van der Waals surface area contributed by atoms with Gasteiger partial charge in [0, 0.05) is 12.6 Å². The quantitative estimate of drug-likeness (QED) is 0.846. The fourth-order valence-electron chi connectivity index (χ4n) is 2.77. The van der Waals surface area contributed by atoms with Gasteiger partial charge in [0.05, 0.1) is 17.6 Å². The van der Waals surface area contributed by atoms with Crippen LogP contribution in [-0.2, 0) is 12.7 Å². The molecule has 0 saturated heterocycles. The Hall–Kier alpha value is -1.54. The van der Waals surface area contributed by atoms with E-state index in [0.717, 1.165) is 49.8 Å². The summed E-state index contributed by atoms with van der Waals surface area (Å²) in [6.07, 6.45) is 0.898. The zero-order valence-electron chi connectivity index (χ0n) is 11.8. The Bertz CT molecular complexity index is 488. The number of nitriles is 1. The van der Waals surface area contributed by atoms with E-state index in [1.165, 1.54) is 12.1 Å². The molecule has 1 fully saturated rings. The van der Waals surface area contributed by atoms with Crippen LogP contribution in [0.5, 0.6) is 0 Å². The fourth-order valence-corrected chi connectivity index (χ4v) is 2.77. The first kappa shape index (κ1) is 15.8. The van der Waals surface area contributed by atoms with Crippen LogP contribution in [0.2, 0.25) is 0 Å². The van der Waals surface area contributed by atoms with Gasteiger partial charge in [0.1, 0.15) is 0 Å². The highest BCUT2D eigenvalue weighted by Gasteiger charge is 2.30. The van der Waals surface area contributed by atoms with Gasteiger partial charge in [-0.1, -0.05) is 31.4 Å². The third-order valence-electron chi connectivity index (χ3n) is 4.03. The van der Waals surface area contributed by atoms with Crippen LogP contribution < -0.4 is 5.32 Å². The maximum absolute atomic E-state index is 12.5. The van der Waals surface area contributed by atoms with Crippen molar-refractivity contribution in [3.8, 4) is 6.07 Å². The number of alkyl halides is 3. The van der Waals surface area contributed by atoms with E-state index >= 15 is 0 Å². The molecular formula is C16H19F3N2. The highest BCUT2D eigenvalue weighted by atomic mass is 19.4. The van der Waals surface area contributed by atoms with Crippen molar-refractivity contribution >= 4 is 0 Å². The standard InChI is InChI=1S/C16H19F3N2/c17-16(18,19)14-8-6-12(7-9-14)11-21-15-5-3-1-2-4-13(15)10-20/h6-9,13,15,21H,1-5,11H2. The van der Waals surface area contributed by atoms with Crippen LogP contribution in [0.25, 0.3) is 0 Å². The molecule has 2 nitrogen and oxygen atoms in total. The summed E-state index contributed by atoms with van der Waals surface area (Å²) in [6.45, 7) is 0.501. The van der Waals surface area contributed by atoms with Crippen LogP contribution in [0.1, 0.15) is 43.2 Å². The van der Waals surface area contributed by atoms with Gasteiger partial charge in [0.25, 0.3) is 0 Å². The lowest BCUT2D eigenvalue weighted by atomic mass is 9.96. The second-order valence-electron chi connectivity index (χ2n) is 5.56. The molecule has 0 radical (unpaired) electrons. The highest BCUT2D eigenvalue weighted by molar-refractivity contribution is 5.24. The first-order valence-corrected chi connectivity index (χ1v) is 7.30. The molecule has 0 heterocycles. The number of benzene rings is 1. The highest BCUT2D eigenvalue weighted by Crippen LogP contribution is 2.29. The molecule has 0 aliphatic heterocycles. The molecule has 2 unspecified atom stereocenters. The lowest BCUT2D eigenvalue weighted by Crippen LogP contribution is -2.34. The number of hydrogen-bond acceptors (Lipinski definition) is 2. The largest absolute Gasteiger partial charge is 0.416 e. The van der Waals surface area contributed by atoms with Crippen molar-refractivity contribution in [2.24, 2.45) is 5.92 Å². The van der Waals surface area contributed by atoms with Crippen molar-refractivity contribution in [2.45, 2.75) is 50.9 Å². The normalized spacial score (nSPS) is 23.3. The maximum Gasteiger partial charge on any atom is 0.416 e. The van der Waals surface area contributed by atoms with Crippen molar-refractivity contribution < 1.29 is 13.2 Å². The summed E-state index contributed by atoms with van der Waals surface area (Å²) in [6, 6.07) is 7.68. The molecule has 2 atom stereocenters. The van der Waals surface area contributed by atoms with Gasteiger partial charge < -0.3 is 5.32 Å². The van der Waals surface area contributed by atoms with Crippen LogP contribution in [0.15, 0.2) is 24.3 Å². The summed E-state index contributed by atoms with van der Waals surface area (Å²) in [7, 11) is 0. The minimum atomic E-state index is -4.29. The van der Waals surface area contributed by atoms with Gasteiger partial charge in [0.15, 0.2) is 0 Å². The van der Waals surface area contributed by atoms with E-state index < -0.39 is 11.7 Å². The zero-order valence-corrected chi connectivity index (χ0v) is 11.8. The van der Waals surface area contributed by atoms with Crippen LogP contribution in [-0.4, -0.2) is 6.04 Å². The van der Waals surface area contributed by atoms with E-state index in [1.807, 2.05) is 0 Å². The number of nitrogens with one attached hydrogen (secondary N) is 1. The summed E-state index contributed by atoms with van der Waals surface area (Å²) in [5.74, 6) is 0.00180. The van der Waals surface area contributed by atoms with Gasteiger partial charge in [-0.15, -0.1) is 0 Å². The summed E-state index contributed by atoms with van der Waals surface area (Å²) in [5, 5.41) is 12.5. The molecule has 1 aliphatic rings. The van der Waals surface area contributed by atoms with E-state index in [1.54, 1.807) is 0 Å². The summed E-state index contributed by atoms with van der Waals surface area (Å²) in [4.78, 5) is 0. The summed E-state index contributed by atoms with van der Waals surface area (Å²) in [5.41, 5.74) is 0.180. The molecule has 1 N–H and O–H groups in total. The zero-order chi connectivity index (χ0) is 15.3. The number of nitrogens with zero attached hydrogens (tertiary/aromatic N) is 1. The van der Waals surface area contributed by atoms with Gasteiger partial charge in [-0.05, 0) is 30.5 Å². The molecular weight excluding hydrogens is 277 g/mol. The third kappa shape index (κ3) is 4.47. The van der Waals surface area contributed by atoms with Gasteiger partial charge in [0.2, 0.25) is 0 Å². The molecule has 114 valence electrons. The molecule has 1 aromatic rings. The SMILES string of the molecule is N#CC1CCCCCC1NCc1ccc(C(F)(F)F)cc1. The Kier molecular flexibility index (Phi) is 5.24. The van der Waals surface area contributed by atoms with Crippen LogP contribution >= 0.6 is 0 Å². The average molecular weight is 296 g/mol. The number of hydrogen-bond donors (Lipinski definition) is 1. The van der Waals surface area contributed by atoms with Gasteiger partial charge in [-0.3, -0.25) is 0 Å². The summed E-state index contributed by atoms with van der Waals surface area (Å²) < 4.78 is 37.5. The van der Waals surface area contributed by atoms with E-state index in [9.17, 15) is 18.4 Å². The van der Waals surface area contributed by atoms with E-state index in [0.29, 0.717) is 6.54 Å². The molecule has 0 aromatic heterocycles. The molecule has 1 aliphatic carbocycles. The molecule has 2 rings (SSSR count). The Morgan fingerprint density at radius 1 is 1.10 bits per heavy atom. The van der Waals surface area contributed by atoms with Crippen LogP contribution in [0, 0.1) is 17.2 Å². The van der Waals surface area contributed by atoms with Crippen molar-refractivity contribution in [1.29, 1.82) is 5.26 Å². The van der Waals surface area contributed by atoms with Crippen molar-refractivity contribution in [3.63, 3.8) is 0 Å². The molecule has 0 amide bonds. The first-order valence-electron chi connectivity index (χ1n) is 7.30. The van der Waals surface area contributed by atoms with Gasteiger partial charge >= 0.3 is 6.18 Å². The molecule has 0 bridgehead atoms. The van der Waals surface area contributed by atoms with E-state index in [-0.39, 0.29) is 12.0 Å². The molecule has 21 heavy (non-hydrogen) atoms. The Morgan fingerprint density at radius 3 is 2.38 bits per heavy atom. The Balaban J connectivity index is 1.94. The first-order chi connectivity index (χ1) is 10.0. The molecule has 5 heteroatoms. The maximum atomic E-state index is 12.5. The average Bonchev–Trinajstić information content (AvgIpc) is 2.69. The monoisotopic (exact) mass is 296 g/mol. The Morgan fingerprint density at radius 2 is 1.76 bits per heavy atom. The minimum Gasteiger partial charge on any atom is -0.309 e. The predicted molar refractivity (Wildman–Crippen MR) is 74.3 cm³/mol. The van der Waals surface area contributed by atoms with Crippen LogP contribution in [0.3, 0.4) is 0 Å². The minimum absolute atomic E-state index is 0.00180. The fraction of sp³-hybridized carbons (Fsp3) is 0.562. The topological polar surface area (TPSA) is 35.8 Å². The van der Waals surface area contributed by atoms with Gasteiger partial charge in [-0.2, -0.15) is 18.4 Å². The van der Waals surface area contributed by atoms with Crippen molar-refractivity contribution in [3.05, 3.63) is 35.4 Å². The van der Waals surface area contributed by atoms with Crippen molar-refractivity contribution in [1.82, 2.24) is 5.32 Å². The Labute approximate surface area is 123 Å². The summed E-state index contributed by atoms with van der Waals surface area (Å²) >= 11 is 0. The number of halogens is 3. The lowest BCUT2D eigenvalue weighted by Gasteiger charge is -2.21. The number of rotatable bonds is 3. The van der Waals surface area contributed by atoms with Gasteiger partial charge in [-0.25, -0.2) is 0 Å². The second-order valence-corrected chi connectivity index (χ2v) is 5.56. The van der Waals surface area contributed by atoms with E-state index in [2.05, 4.69) is 11.4 Å². The smallest absolute Gasteiger partial charge is 0.309 e. The van der Waals surface area contributed by atoms with E-state index in [4.69, 9.17) is 0 Å².